The molecule has 8 heteroatoms. The van der Waals surface area contributed by atoms with Crippen molar-refractivity contribution in [1.82, 2.24) is 4.98 Å². The summed E-state index contributed by atoms with van der Waals surface area (Å²) in [6, 6.07) is 22.9. The van der Waals surface area contributed by atoms with Gasteiger partial charge in [0.15, 0.2) is 9.84 Å². The third kappa shape index (κ3) is 4.40. The summed E-state index contributed by atoms with van der Waals surface area (Å²) in [5.74, 6) is -3.09. The highest BCUT2D eigenvalue weighted by atomic mass is 32.2. The smallest absolute Gasteiger partial charge is 0.307 e. The normalized spacial score (nSPS) is 13.8. The van der Waals surface area contributed by atoms with Gasteiger partial charge in [-0.15, -0.1) is 0 Å². The lowest BCUT2D eigenvalue weighted by Crippen LogP contribution is -2.23. The Morgan fingerprint density at radius 1 is 0.944 bits per heavy atom. The molecule has 1 heterocycles. The Hall–Kier alpha value is -3.91. The highest BCUT2D eigenvalue weighted by Crippen LogP contribution is 2.44. The third-order valence-corrected chi connectivity index (χ3v) is 7.82. The van der Waals surface area contributed by atoms with E-state index in [9.17, 15) is 23.1 Å². The largest absolute Gasteiger partial charge is 0.481 e. The lowest BCUT2D eigenvalue weighted by atomic mass is 9.95. The van der Waals surface area contributed by atoms with E-state index in [1.54, 1.807) is 24.3 Å². The predicted molar refractivity (Wildman–Crippen MR) is 136 cm³/mol. The number of nitrogens with one attached hydrogen (secondary N) is 1. The molecule has 5 rings (SSSR count). The molecular formula is C28H25NO6S. The molecule has 36 heavy (non-hydrogen) atoms. The SMILES string of the molecule is CS(=O)(=O)c1[nH]c2ccccc2c1CC(CC(=O)OCC1c2ccccc2-c2ccccc21)C(=O)O. The zero-order chi connectivity index (χ0) is 25.4. The minimum atomic E-state index is -3.64. The van der Waals surface area contributed by atoms with E-state index < -0.39 is 27.7 Å². The number of rotatable bonds is 8. The van der Waals surface area contributed by atoms with Crippen molar-refractivity contribution in [2.24, 2.45) is 5.92 Å². The van der Waals surface area contributed by atoms with Gasteiger partial charge in [0.25, 0.3) is 0 Å². The molecule has 0 amide bonds. The van der Waals surface area contributed by atoms with Gasteiger partial charge in [-0.25, -0.2) is 8.42 Å². The molecule has 3 aromatic carbocycles. The topological polar surface area (TPSA) is 114 Å². The monoisotopic (exact) mass is 503 g/mol. The minimum absolute atomic E-state index is 0.0255. The molecule has 0 radical (unpaired) electrons. The van der Waals surface area contributed by atoms with Crippen molar-refractivity contribution in [3.05, 3.63) is 89.5 Å². The molecule has 0 saturated heterocycles. The van der Waals surface area contributed by atoms with Crippen LogP contribution in [0, 0.1) is 5.92 Å². The number of para-hydroxylation sites is 1. The van der Waals surface area contributed by atoms with E-state index in [0.29, 0.717) is 16.5 Å². The number of H-pyrrole nitrogens is 1. The summed E-state index contributed by atoms with van der Waals surface area (Å²) >= 11 is 0. The highest BCUT2D eigenvalue weighted by molar-refractivity contribution is 7.90. The standard InChI is InChI=1S/C28H25NO6S/c1-36(33,34)27-23(22-12-6-7-13-25(22)29-27)14-17(28(31)32)15-26(30)35-16-24-20-10-4-2-8-18(20)19-9-3-5-11-21(19)24/h2-13,17,24,29H,14-16H2,1H3,(H,31,32). The Balaban J connectivity index is 1.35. The van der Waals surface area contributed by atoms with Crippen LogP contribution in [0.2, 0.25) is 0 Å². The minimum Gasteiger partial charge on any atom is -0.481 e. The average Bonchev–Trinajstić information content (AvgIpc) is 3.38. The maximum Gasteiger partial charge on any atom is 0.307 e. The molecule has 0 fully saturated rings. The third-order valence-electron chi connectivity index (χ3n) is 6.73. The summed E-state index contributed by atoms with van der Waals surface area (Å²) in [6.07, 6.45) is 0.586. The van der Waals surface area contributed by atoms with Crippen molar-refractivity contribution in [2.75, 3.05) is 12.9 Å². The number of fused-ring (bicyclic) bond motifs is 4. The Bertz CT molecular complexity index is 1540. The number of ether oxygens (including phenoxy) is 1. The van der Waals surface area contributed by atoms with Gasteiger partial charge in [0.1, 0.15) is 11.6 Å². The van der Waals surface area contributed by atoms with Crippen LogP contribution in [0.15, 0.2) is 77.8 Å². The Morgan fingerprint density at radius 3 is 2.14 bits per heavy atom. The number of aromatic nitrogens is 1. The van der Waals surface area contributed by atoms with Crippen molar-refractivity contribution >= 4 is 32.7 Å². The van der Waals surface area contributed by atoms with E-state index in [1.165, 1.54) is 0 Å². The van der Waals surface area contributed by atoms with Gasteiger partial charge in [0.2, 0.25) is 0 Å². The fraction of sp³-hybridized carbons (Fsp3) is 0.214. The van der Waals surface area contributed by atoms with E-state index in [4.69, 9.17) is 4.74 Å². The first-order valence-corrected chi connectivity index (χ1v) is 13.5. The van der Waals surface area contributed by atoms with Crippen LogP contribution in [0.3, 0.4) is 0 Å². The quantitative estimate of drug-likeness (QED) is 0.341. The van der Waals surface area contributed by atoms with Crippen molar-refractivity contribution < 1.29 is 27.9 Å². The molecule has 1 aliphatic rings. The fourth-order valence-corrected chi connectivity index (χ4v) is 6.00. The maximum absolute atomic E-state index is 12.8. The summed E-state index contributed by atoms with van der Waals surface area (Å²) in [5, 5.41) is 10.5. The molecular weight excluding hydrogens is 478 g/mol. The number of esters is 1. The van der Waals surface area contributed by atoms with Crippen LogP contribution in [0.4, 0.5) is 0 Å². The number of carbonyl (C=O) groups excluding carboxylic acids is 1. The number of aromatic amines is 1. The van der Waals surface area contributed by atoms with E-state index in [-0.39, 0.29) is 30.4 Å². The fourth-order valence-electron chi connectivity index (χ4n) is 5.06. The molecule has 0 bridgehead atoms. The first kappa shape index (κ1) is 23.8. The van der Waals surface area contributed by atoms with Gasteiger partial charge < -0.3 is 14.8 Å². The summed E-state index contributed by atoms with van der Waals surface area (Å²) in [6.45, 7) is 0.0981. The highest BCUT2D eigenvalue weighted by Gasteiger charge is 2.31. The van der Waals surface area contributed by atoms with E-state index in [0.717, 1.165) is 28.5 Å². The van der Waals surface area contributed by atoms with Crippen molar-refractivity contribution in [1.29, 1.82) is 0 Å². The number of sulfone groups is 1. The summed E-state index contributed by atoms with van der Waals surface area (Å²) in [7, 11) is -3.64. The van der Waals surface area contributed by atoms with E-state index in [2.05, 4.69) is 4.98 Å². The molecule has 1 aliphatic carbocycles. The maximum atomic E-state index is 12.8. The van der Waals surface area contributed by atoms with Gasteiger partial charge in [0.05, 0.1) is 12.3 Å². The molecule has 184 valence electrons. The van der Waals surface area contributed by atoms with Gasteiger partial charge in [-0.2, -0.15) is 0 Å². The second kappa shape index (κ2) is 9.28. The molecule has 4 aromatic rings. The number of carboxylic acid groups (broad SMARTS) is 1. The van der Waals surface area contributed by atoms with Crippen LogP contribution in [-0.2, 0) is 30.6 Å². The van der Waals surface area contributed by atoms with Gasteiger partial charge in [-0.05, 0) is 40.3 Å². The second-order valence-corrected chi connectivity index (χ2v) is 11.1. The summed E-state index contributed by atoms with van der Waals surface area (Å²) < 4.78 is 30.4. The molecule has 1 unspecified atom stereocenters. The van der Waals surface area contributed by atoms with Crippen LogP contribution in [0.5, 0.6) is 0 Å². The number of carboxylic acids is 1. The molecule has 1 atom stereocenters. The Labute approximate surface area is 208 Å². The first-order chi connectivity index (χ1) is 17.2. The summed E-state index contributed by atoms with van der Waals surface area (Å²) in [5.41, 5.74) is 5.30. The number of hydrogen-bond donors (Lipinski definition) is 2. The van der Waals surface area contributed by atoms with Crippen LogP contribution in [0.1, 0.15) is 29.0 Å². The number of benzene rings is 3. The zero-order valence-electron chi connectivity index (χ0n) is 19.6. The zero-order valence-corrected chi connectivity index (χ0v) is 20.4. The van der Waals surface area contributed by atoms with Crippen LogP contribution < -0.4 is 0 Å². The van der Waals surface area contributed by atoms with Crippen LogP contribution in [-0.4, -0.2) is 43.3 Å². The van der Waals surface area contributed by atoms with Gasteiger partial charge in [-0.1, -0.05) is 66.7 Å². The molecule has 0 spiro atoms. The van der Waals surface area contributed by atoms with Crippen LogP contribution >= 0.6 is 0 Å². The Morgan fingerprint density at radius 2 is 1.53 bits per heavy atom. The average molecular weight is 504 g/mol. The molecule has 0 saturated carbocycles. The van der Waals surface area contributed by atoms with Gasteiger partial charge in [-0.3, -0.25) is 9.59 Å². The molecule has 2 N–H and O–H groups in total. The van der Waals surface area contributed by atoms with Crippen molar-refractivity contribution in [3.63, 3.8) is 0 Å². The summed E-state index contributed by atoms with van der Waals surface area (Å²) in [4.78, 5) is 27.8. The van der Waals surface area contributed by atoms with E-state index in [1.807, 2.05) is 48.5 Å². The second-order valence-electron chi connectivity index (χ2n) is 9.10. The Kier molecular flexibility index (Phi) is 6.14. The molecule has 0 aliphatic heterocycles. The van der Waals surface area contributed by atoms with E-state index >= 15 is 0 Å². The van der Waals surface area contributed by atoms with Crippen LogP contribution in [0.25, 0.3) is 22.0 Å². The molecule has 1 aromatic heterocycles. The predicted octanol–water partition coefficient (Wildman–Crippen LogP) is 4.56. The number of hydrogen-bond acceptors (Lipinski definition) is 5. The number of carbonyl (C=O) groups is 2. The first-order valence-electron chi connectivity index (χ1n) is 11.6. The van der Waals surface area contributed by atoms with Crippen molar-refractivity contribution in [2.45, 2.75) is 23.8 Å². The van der Waals surface area contributed by atoms with Gasteiger partial charge in [0, 0.05) is 23.1 Å². The van der Waals surface area contributed by atoms with Gasteiger partial charge >= 0.3 is 11.9 Å². The lowest BCUT2D eigenvalue weighted by molar-refractivity contribution is -0.151. The van der Waals surface area contributed by atoms with Crippen molar-refractivity contribution in [3.8, 4) is 11.1 Å². The molecule has 7 nitrogen and oxygen atoms in total. The lowest BCUT2D eigenvalue weighted by Gasteiger charge is -2.16. The number of aliphatic carboxylic acids is 1.